The van der Waals surface area contributed by atoms with E-state index in [2.05, 4.69) is 0 Å². The Morgan fingerprint density at radius 3 is 2.24 bits per heavy atom. The Bertz CT molecular complexity index is 555. The molecule has 0 fully saturated rings. The highest BCUT2D eigenvalue weighted by Crippen LogP contribution is 2.31. The van der Waals surface area contributed by atoms with Crippen LogP contribution in [0.4, 0.5) is 4.39 Å². The van der Waals surface area contributed by atoms with E-state index in [1.807, 2.05) is 0 Å². The van der Waals surface area contributed by atoms with Crippen molar-refractivity contribution in [3.8, 4) is 0 Å². The van der Waals surface area contributed by atoms with Gasteiger partial charge in [-0.3, -0.25) is 0 Å². The van der Waals surface area contributed by atoms with Crippen molar-refractivity contribution in [2.45, 2.75) is 9.79 Å². The van der Waals surface area contributed by atoms with Gasteiger partial charge in [0, 0.05) is 9.79 Å². The minimum atomic E-state index is -1.01. The maximum Gasteiger partial charge on any atom is 0.336 e. The molecular weight excluding hydrogens is 239 g/mol. The molecule has 0 aromatic heterocycles. The van der Waals surface area contributed by atoms with Crippen LogP contribution in [0.15, 0.2) is 58.3 Å². The first-order valence-corrected chi connectivity index (χ1v) is 5.75. The Kier molecular flexibility index (Phi) is 3.44. The molecule has 0 aliphatic rings. The van der Waals surface area contributed by atoms with Crippen LogP contribution >= 0.6 is 11.8 Å². The highest BCUT2D eigenvalue weighted by atomic mass is 32.2. The lowest BCUT2D eigenvalue weighted by Gasteiger charge is -2.05. The van der Waals surface area contributed by atoms with Crippen LogP contribution in [-0.4, -0.2) is 11.1 Å². The van der Waals surface area contributed by atoms with Gasteiger partial charge in [0.05, 0.1) is 5.56 Å². The number of carboxylic acid groups (broad SMARTS) is 1. The fourth-order valence-corrected chi connectivity index (χ4v) is 2.34. The number of rotatable bonds is 3. The summed E-state index contributed by atoms with van der Waals surface area (Å²) < 4.78 is 13.4. The summed E-state index contributed by atoms with van der Waals surface area (Å²) in [6.07, 6.45) is 0. The van der Waals surface area contributed by atoms with Gasteiger partial charge in [0.25, 0.3) is 0 Å². The molecule has 0 atom stereocenters. The molecule has 0 heterocycles. The Balaban J connectivity index is 2.37. The average molecular weight is 248 g/mol. The molecule has 0 saturated heterocycles. The van der Waals surface area contributed by atoms with Gasteiger partial charge in [0.2, 0.25) is 0 Å². The van der Waals surface area contributed by atoms with Crippen LogP contribution in [0.5, 0.6) is 0 Å². The molecule has 0 radical (unpaired) electrons. The van der Waals surface area contributed by atoms with Crippen molar-refractivity contribution < 1.29 is 14.3 Å². The van der Waals surface area contributed by atoms with Gasteiger partial charge in [-0.05, 0) is 24.3 Å². The predicted octanol–water partition coefficient (Wildman–Crippen LogP) is 3.68. The lowest BCUT2D eigenvalue weighted by Crippen LogP contribution is -1.98. The van der Waals surface area contributed by atoms with E-state index in [0.29, 0.717) is 9.79 Å². The van der Waals surface area contributed by atoms with Gasteiger partial charge in [-0.1, -0.05) is 36.0 Å². The quantitative estimate of drug-likeness (QED) is 0.900. The summed E-state index contributed by atoms with van der Waals surface area (Å²) in [5, 5.41) is 9.01. The molecule has 86 valence electrons. The van der Waals surface area contributed by atoms with Crippen LogP contribution in [0, 0.1) is 5.82 Å². The number of benzene rings is 2. The fraction of sp³-hybridized carbons (Fsp3) is 0. The highest BCUT2D eigenvalue weighted by molar-refractivity contribution is 7.99. The number of carbonyl (C=O) groups is 1. The van der Waals surface area contributed by atoms with E-state index in [-0.39, 0.29) is 11.4 Å². The molecule has 4 heteroatoms. The van der Waals surface area contributed by atoms with Gasteiger partial charge in [0.1, 0.15) is 5.82 Å². The Morgan fingerprint density at radius 2 is 1.59 bits per heavy atom. The summed E-state index contributed by atoms with van der Waals surface area (Å²) in [6, 6.07) is 12.8. The Morgan fingerprint density at radius 1 is 1.00 bits per heavy atom. The van der Waals surface area contributed by atoms with Gasteiger partial charge < -0.3 is 5.11 Å². The summed E-state index contributed by atoms with van der Waals surface area (Å²) >= 11 is 1.11. The lowest BCUT2D eigenvalue weighted by molar-refractivity contribution is 0.0693. The van der Waals surface area contributed by atoms with Crippen molar-refractivity contribution in [3.05, 3.63) is 59.9 Å². The number of carboxylic acids is 1. The zero-order valence-electron chi connectivity index (χ0n) is 8.76. The van der Waals surface area contributed by atoms with Crippen molar-refractivity contribution in [1.82, 2.24) is 0 Å². The number of hydrogen-bond donors (Lipinski definition) is 1. The molecular formula is C13H9FO2S. The second-order valence-corrected chi connectivity index (χ2v) is 4.42. The highest BCUT2D eigenvalue weighted by Gasteiger charge is 2.11. The number of halogens is 1. The van der Waals surface area contributed by atoms with E-state index in [0.717, 1.165) is 11.8 Å². The third-order valence-electron chi connectivity index (χ3n) is 2.17. The first kappa shape index (κ1) is 11.7. The molecule has 0 aliphatic heterocycles. The van der Waals surface area contributed by atoms with E-state index in [9.17, 15) is 9.18 Å². The zero-order valence-corrected chi connectivity index (χ0v) is 9.58. The monoisotopic (exact) mass is 248 g/mol. The molecule has 0 spiro atoms. The number of hydrogen-bond acceptors (Lipinski definition) is 2. The van der Waals surface area contributed by atoms with Crippen LogP contribution in [0.25, 0.3) is 0 Å². The van der Waals surface area contributed by atoms with E-state index >= 15 is 0 Å². The van der Waals surface area contributed by atoms with Crippen molar-refractivity contribution >= 4 is 17.7 Å². The van der Waals surface area contributed by atoms with Crippen LogP contribution < -0.4 is 0 Å². The van der Waals surface area contributed by atoms with Crippen molar-refractivity contribution in [2.75, 3.05) is 0 Å². The van der Waals surface area contributed by atoms with Gasteiger partial charge in [0.15, 0.2) is 0 Å². The molecule has 0 bridgehead atoms. The first-order valence-electron chi connectivity index (χ1n) is 4.93. The third kappa shape index (κ3) is 2.65. The molecule has 17 heavy (non-hydrogen) atoms. The summed E-state index contributed by atoms with van der Waals surface area (Å²) in [4.78, 5) is 11.9. The van der Waals surface area contributed by atoms with E-state index in [4.69, 9.17) is 5.11 Å². The van der Waals surface area contributed by atoms with Gasteiger partial charge in [-0.2, -0.15) is 0 Å². The maximum absolute atomic E-state index is 13.4. The molecule has 1 N–H and O–H groups in total. The van der Waals surface area contributed by atoms with Crippen LogP contribution in [0.2, 0.25) is 0 Å². The minimum Gasteiger partial charge on any atom is -0.478 e. The fourth-order valence-electron chi connectivity index (χ4n) is 1.38. The van der Waals surface area contributed by atoms with Crippen LogP contribution in [0.3, 0.4) is 0 Å². The smallest absolute Gasteiger partial charge is 0.336 e. The summed E-state index contributed by atoms with van der Waals surface area (Å²) in [5.41, 5.74) is 0.181. The Hall–Kier alpha value is -1.81. The van der Waals surface area contributed by atoms with Crippen molar-refractivity contribution in [2.24, 2.45) is 0 Å². The molecule has 0 amide bonds. The normalized spacial score (nSPS) is 10.2. The Labute approximate surface area is 102 Å². The van der Waals surface area contributed by atoms with Gasteiger partial charge in [-0.25, -0.2) is 9.18 Å². The van der Waals surface area contributed by atoms with Crippen LogP contribution in [-0.2, 0) is 0 Å². The van der Waals surface area contributed by atoms with E-state index in [1.165, 1.54) is 12.1 Å². The molecule has 0 unspecified atom stereocenters. The predicted molar refractivity (Wildman–Crippen MR) is 63.9 cm³/mol. The molecule has 0 saturated carbocycles. The third-order valence-corrected chi connectivity index (χ3v) is 3.30. The van der Waals surface area contributed by atoms with E-state index in [1.54, 1.807) is 36.4 Å². The largest absolute Gasteiger partial charge is 0.478 e. The van der Waals surface area contributed by atoms with Crippen molar-refractivity contribution in [1.29, 1.82) is 0 Å². The summed E-state index contributed by atoms with van der Waals surface area (Å²) in [5.74, 6) is -1.36. The summed E-state index contributed by atoms with van der Waals surface area (Å²) in [7, 11) is 0. The van der Waals surface area contributed by atoms with Gasteiger partial charge >= 0.3 is 5.97 Å². The van der Waals surface area contributed by atoms with E-state index < -0.39 is 5.97 Å². The molecule has 2 aromatic rings. The standard InChI is InChI=1S/C13H9FO2S/c14-10-6-2-4-8-12(10)17-11-7-3-1-5-9(11)13(15)16/h1-8H,(H,15,16). The molecule has 2 aromatic carbocycles. The topological polar surface area (TPSA) is 37.3 Å². The average Bonchev–Trinajstić information content (AvgIpc) is 2.32. The van der Waals surface area contributed by atoms with Crippen molar-refractivity contribution in [3.63, 3.8) is 0 Å². The SMILES string of the molecule is O=C(O)c1ccccc1Sc1ccccc1F. The second kappa shape index (κ2) is 5.01. The number of aromatic carboxylic acids is 1. The zero-order chi connectivity index (χ0) is 12.3. The maximum atomic E-state index is 13.4. The molecule has 0 aliphatic carbocycles. The minimum absolute atomic E-state index is 0.181. The summed E-state index contributed by atoms with van der Waals surface area (Å²) in [6.45, 7) is 0. The molecule has 2 nitrogen and oxygen atoms in total. The van der Waals surface area contributed by atoms with Crippen LogP contribution in [0.1, 0.15) is 10.4 Å². The first-order chi connectivity index (χ1) is 8.18. The lowest BCUT2D eigenvalue weighted by atomic mass is 10.2. The molecule has 2 rings (SSSR count). The van der Waals surface area contributed by atoms with Gasteiger partial charge in [-0.15, -0.1) is 0 Å². The second-order valence-electron chi connectivity index (χ2n) is 3.33.